The fourth-order valence-corrected chi connectivity index (χ4v) is 6.17. The molecule has 0 unspecified atom stereocenters. The molecular formula is C40H24S. The Kier molecular flexibility index (Phi) is 2.07. The SMILES string of the molecule is [2H]c1c([2H])c([2H])c2c(c1[2H])Sc1c([2H])c([2H])c(-c3c4c([2H])c([2H])c([2H])c([2H])c4c(-c4c([2H])c([2H])c5c([2H])c([2H])c([2H])c([2H])c5c4[2H])c4c([2H])c([2H])c([2H])c([2H])c34)c3c([2H])c([2H])c([2H])c-2c13. The van der Waals surface area contributed by atoms with Crippen molar-refractivity contribution in [2.75, 3.05) is 0 Å². The lowest BCUT2D eigenvalue weighted by Crippen LogP contribution is -1.95. The molecule has 9 rings (SSSR count). The van der Waals surface area contributed by atoms with Gasteiger partial charge in [-0.2, -0.15) is 0 Å². The first-order chi connectivity index (χ1) is 30.3. The average molecular weight is 561 g/mol. The van der Waals surface area contributed by atoms with E-state index in [0.717, 1.165) is 0 Å². The van der Waals surface area contributed by atoms with E-state index < -0.39 is 205 Å². The molecule has 1 heterocycles. The molecule has 0 atom stereocenters. The van der Waals surface area contributed by atoms with Crippen LogP contribution < -0.4 is 0 Å². The molecule has 0 saturated heterocycles. The second kappa shape index (κ2) is 8.83. The molecule has 0 saturated carbocycles. The lowest BCUT2D eigenvalue weighted by Gasteiger charge is -2.23. The van der Waals surface area contributed by atoms with Crippen LogP contribution in [0.2, 0.25) is 0 Å². The van der Waals surface area contributed by atoms with Crippen LogP contribution >= 0.6 is 11.8 Å². The molecule has 41 heavy (non-hydrogen) atoms. The van der Waals surface area contributed by atoms with Crippen LogP contribution in [0.1, 0.15) is 32.9 Å². The van der Waals surface area contributed by atoms with Crippen molar-refractivity contribution in [1.82, 2.24) is 0 Å². The van der Waals surface area contributed by atoms with Gasteiger partial charge in [0.05, 0.1) is 32.9 Å². The fraction of sp³-hybridized carbons (Fsp3) is 0. The summed E-state index contributed by atoms with van der Waals surface area (Å²) in [5.41, 5.74) is -3.15. The van der Waals surface area contributed by atoms with E-state index >= 15 is 0 Å². The minimum absolute atomic E-state index is 0.147. The van der Waals surface area contributed by atoms with Crippen molar-refractivity contribution in [3.63, 3.8) is 0 Å². The third-order valence-electron chi connectivity index (χ3n) is 6.89. The van der Waals surface area contributed by atoms with Gasteiger partial charge >= 0.3 is 0 Å². The van der Waals surface area contributed by atoms with Crippen molar-refractivity contribution < 1.29 is 32.9 Å². The minimum atomic E-state index is -0.929. The standard InChI is InChI=1S/C40H24S/c1-2-11-26-24-27(21-20-25(26)10-1)38-30-13-3-5-15-32(30)39(33-16-6-4-14-31(33)38)35-22-23-37-40-29(17-9-18-34(35)40)28-12-7-8-19-36(28)41-37/h1-24H/i1D,2D,3D,4D,5D,6D,7D,8D,9D,10D,11D,12D,13D,14D,15D,16D,17D,18D,19D,20D,21D,22D,23D,24D. The first-order valence-corrected chi connectivity index (χ1v) is 13.0. The van der Waals surface area contributed by atoms with Gasteiger partial charge in [-0.15, -0.1) is 0 Å². The Morgan fingerprint density at radius 3 is 1.78 bits per heavy atom. The second-order valence-corrected chi connectivity index (χ2v) is 10.0. The topological polar surface area (TPSA) is 0 Å². The minimum Gasteiger partial charge on any atom is -0.0888 e. The summed E-state index contributed by atoms with van der Waals surface area (Å²) in [6.07, 6.45) is 0. The van der Waals surface area contributed by atoms with Crippen LogP contribution in [-0.4, -0.2) is 0 Å². The van der Waals surface area contributed by atoms with E-state index in [-0.39, 0.29) is 26.3 Å². The summed E-state index contributed by atoms with van der Waals surface area (Å²) in [6, 6.07) is -19.6. The Balaban J connectivity index is 1.65. The van der Waals surface area contributed by atoms with Crippen molar-refractivity contribution in [3.05, 3.63) is 145 Å². The second-order valence-electron chi connectivity index (χ2n) is 9.01. The van der Waals surface area contributed by atoms with E-state index in [2.05, 4.69) is 0 Å². The lowest BCUT2D eigenvalue weighted by molar-refractivity contribution is 1.40. The summed E-state index contributed by atoms with van der Waals surface area (Å²) in [5.74, 6) is 0. The summed E-state index contributed by atoms with van der Waals surface area (Å²) in [5, 5.41) is -4.38. The molecule has 190 valence electrons. The van der Waals surface area contributed by atoms with E-state index in [1.165, 1.54) is 0 Å². The van der Waals surface area contributed by atoms with Crippen molar-refractivity contribution in [1.29, 1.82) is 0 Å². The molecule has 8 aromatic carbocycles. The average Bonchev–Trinajstić information content (AvgIpc) is 3.28. The smallest absolute Gasteiger partial charge is 0.0636 e. The Bertz CT molecular complexity index is 3590. The zero-order valence-electron chi connectivity index (χ0n) is 44.4. The number of benzene rings is 8. The first kappa shape index (κ1) is 9.62. The van der Waals surface area contributed by atoms with Crippen molar-refractivity contribution in [2.24, 2.45) is 0 Å². The van der Waals surface area contributed by atoms with E-state index in [1.54, 1.807) is 0 Å². The molecule has 0 amide bonds. The number of hydrogen-bond donors (Lipinski definition) is 0. The van der Waals surface area contributed by atoms with Gasteiger partial charge < -0.3 is 0 Å². The zero-order chi connectivity index (χ0) is 47.8. The summed E-state index contributed by atoms with van der Waals surface area (Å²) >= 11 is 0.640. The molecule has 0 N–H and O–H groups in total. The fourth-order valence-electron chi connectivity index (χ4n) is 5.20. The maximum atomic E-state index is 9.62. The summed E-state index contributed by atoms with van der Waals surface area (Å²) in [4.78, 5) is -0.329. The maximum absolute atomic E-state index is 9.62. The quantitative estimate of drug-likeness (QED) is 0.189. The molecule has 1 aliphatic heterocycles. The van der Waals surface area contributed by atoms with E-state index in [0.29, 0.717) is 11.8 Å². The molecule has 8 aromatic rings. The summed E-state index contributed by atoms with van der Waals surface area (Å²) < 4.78 is 215. The number of fused-ring (bicyclic) bond motifs is 5. The van der Waals surface area contributed by atoms with Gasteiger partial charge in [-0.05, 0) is 89.2 Å². The molecule has 0 aromatic heterocycles. The highest BCUT2D eigenvalue weighted by atomic mass is 32.2. The van der Waals surface area contributed by atoms with Gasteiger partial charge in [0.2, 0.25) is 0 Å². The number of hydrogen-bond acceptors (Lipinski definition) is 1. The Morgan fingerprint density at radius 1 is 0.390 bits per heavy atom. The van der Waals surface area contributed by atoms with E-state index in [9.17, 15) is 12.3 Å². The van der Waals surface area contributed by atoms with Gasteiger partial charge in [0.25, 0.3) is 0 Å². The molecule has 0 radical (unpaired) electrons. The predicted octanol–water partition coefficient (Wildman–Crippen LogP) is 11.8. The third-order valence-corrected chi connectivity index (χ3v) is 7.91. The lowest BCUT2D eigenvalue weighted by atomic mass is 9.84. The molecule has 0 spiro atoms. The van der Waals surface area contributed by atoms with Gasteiger partial charge in [0.15, 0.2) is 0 Å². The van der Waals surface area contributed by atoms with Gasteiger partial charge in [-0.25, -0.2) is 0 Å². The molecule has 0 aliphatic carbocycles. The van der Waals surface area contributed by atoms with Crippen LogP contribution in [0.25, 0.3) is 76.5 Å². The van der Waals surface area contributed by atoms with Crippen molar-refractivity contribution in [3.8, 4) is 33.4 Å². The zero-order valence-corrected chi connectivity index (χ0v) is 21.2. The third kappa shape index (κ3) is 3.36. The first-order valence-electron chi connectivity index (χ1n) is 24.2. The normalized spacial score (nSPS) is 20.5. The molecule has 0 bridgehead atoms. The van der Waals surface area contributed by atoms with Gasteiger partial charge in [0, 0.05) is 15.2 Å². The van der Waals surface area contributed by atoms with Gasteiger partial charge in [-0.1, -0.05) is 139 Å². The summed E-state index contributed by atoms with van der Waals surface area (Å²) in [7, 11) is 0. The highest BCUT2D eigenvalue weighted by Crippen LogP contribution is 2.51. The molecule has 1 aliphatic rings. The van der Waals surface area contributed by atoms with Crippen LogP contribution in [0.4, 0.5) is 0 Å². The monoisotopic (exact) mass is 560 g/mol. The molecule has 0 fully saturated rings. The predicted molar refractivity (Wildman–Crippen MR) is 177 cm³/mol. The molecule has 1 heteroatoms. The van der Waals surface area contributed by atoms with Crippen molar-refractivity contribution in [2.45, 2.75) is 9.79 Å². The Hall–Kier alpha value is -4.85. The van der Waals surface area contributed by atoms with Gasteiger partial charge in [-0.3, -0.25) is 0 Å². The molecular weight excluding hydrogens is 513 g/mol. The Morgan fingerprint density at radius 2 is 1.00 bits per heavy atom. The van der Waals surface area contributed by atoms with Crippen LogP contribution in [0, 0.1) is 0 Å². The highest BCUT2D eigenvalue weighted by molar-refractivity contribution is 7.99. The molecule has 0 nitrogen and oxygen atoms in total. The maximum Gasteiger partial charge on any atom is 0.0636 e. The van der Waals surface area contributed by atoms with E-state index in [4.69, 9.17) is 20.6 Å². The van der Waals surface area contributed by atoms with E-state index in [1.807, 2.05) is 0 Å². The highest BCUT2D eigenvalue weighted by Gasteiger charge is 2.23. The largest absolute Gasteiger partial charge is 0.0888 e. The van der Waals surface area contributed by atoms with Gasteiger partial charge in [0.1, 0.15) is 0 Å². The Labute approximate surface area is 276 Å². The van der Waals surface area contributed by atoms with Crippen LogP contribution in [-0.2, 0) is 0 Å². The number of rotatable bonds is 2. The summed E-state index contributed by atoms with van der Waals surface area (Å²) in [6.45, 7) is 0. The van der Waals surface area contributed by atoms with Crippen LogP contribution in [0.5, 0.6) is 0 Å². The van der Waals surface area contributed by atoms with Crippen LogP contribution in [0.15, 0.2) is 155 Å². The van der Waals surface area contributed by atoms with Crippen LogP contribution in [0.3, 0.4) is 0 Å². The van der Waals surface area contributed by atoms with Crippen molar-refractivity contribution >= 4 is 54.9 Å².